The maximum atomic E-state index is 12.6. The number of hydrogen-bond acceptors (Lipinski definition) is 3. The van der Waals surface area contributed by atoms with Gasteiger partial charge in [-0.25, -0.2) is 4.79 Å². The Morgan fingerprint density at radius 1 is 0.967 bits per heavy atom. The van der Waals surface area contributed by atoms with Gasteiger partial charge < -0.3 is 20.4 Å². The highest BCUT2D eigenvalue weighted by atomic mass is 35.5. The third-order valence-corrected chi connectivity index (χ3v) is 5.24. The number of amides is 4. The molecule has 7 nitrogen and oxygen atoms in total. The van der Waals surface area contributed by atoms with Crippen LogP contribution in [0.1, 0.15) is 22.3 Å². The third kappa shape index (κ3) is 5.73. The molecule has 4 amide bonds. The van der Waals surface area contributed by atoms with Gasteiger partial charge in [-0.2, -0.15) is 0 Å². The minimum absolute atomic E-state index is 0.0676. The third-order valence-electron chi connectivity index (χ3n) is 5.00. The lowest BCUT2D eigenvalue weighted by molar-refractivity contribution is -0.129. The van der Waals surface area contributed by atoms with E-state index in [0.29, 0.717) is 48.9 Å². The van der Waals surface area contributed by atoms with Gasteiger partial charge in [-0.1, -0.05) is 35.9 Å². The van der Waals surface area contributed by atoms with Gasteiger partial charge in [-0.15, -0.1) is 0 Å². The number of nitrogens with one attached hydrogen (secondary N) is 2. The van der Waals surface area contributed by atoms with E-state index in [2.05, 4.69) is 10.6 Å². The number of carbonyl (C=O) groups excluding carboxylic acids is 3. The molecule has 0 saturated carbocycles. The van der Waals surface area contributed by atoms with Crippen LogP contribution in [-0.4, -0.2) is 60.4 Å². The molecule has 1 fully saturated rings. The van der Waals surface area contributed by atoms with Crippen molar-refractivity contribution in [3.63, 3.8) is 0 Å². The second-order valence-electron chi connectivity index (χ2n) is 7.16. The zero-order valence-electron chi connectivity index (χ0n) is 16.9. The topological polar surface area (TPSA) is 81.8 Å². The molecule has 0 unspecified atom stereocenters. The predicted octanol–water partition coefficient (Wildman–Crippen LogP) is 3.14. The normalized spacial score (nSPS) is 14.1. The lowest BCUT2D eigenvalue weighted by Crippen LogP contribution is -2.43. The van der Waals surface area contributed by atoms with E-state index in [1.807, 2.05) is 19.1 Å². The average Bonchev–Trinajstić information content (AvgIpc) is 2.98. The van der Waals surface area contributed by atoms with Crippen LogP contribution < -0.4 is 10.6 Å². The van der Waals surface area contributed by atoms with Gasteiger partial charge in [0, 0.05) is 42.5 Å². The smallest absolute Gasteiger partial charge is 0.321 e. The van der Waals surface area contributed by atoms with Crippen LogP contribution in [0.3, 0.4) is 0 Å². The van der Waals surface area contributed by atoms with Crippen LogP contribution >= 0.6 is 11.6 Å². The van der Waals surface area contributed by atoms with Gasteiger partial charge in [0.25, 0.3) is 5.91 Å². The van der Waals surface area contributed by atoms with Crippen molar-refractivity contribution >= 4 is 35.1 Å². The van der Waals surface area contributed by atoms with Crippen molar-refractivity contribution in [3.8, 4) is 0 Å². The van der Waals surface area contributed by atoms with Crippen molar-refractivity contribution in [2.75, 3.05) is 38.0 Å². The van der Waals surface area contributed by atoms with Crippen LogP contribution in [0.4, 0.5) is 10.5 Å². The van der Waals surface area contributed by atoms with Crippen LogP contribution in [-0.2, 0) is 4.79 Å². The molecule has 158 valence electrons. The Morgan fingerprint density at radius 3 is 2.47 bits per heavy atom. The molecular formula is C22H25ClN4O3. The largest absolute Gasteiger partial charge is 0.343 e. The summed E-state index contributed by atoms with van der Waals surface area (Å²) in [7, 11) is 0. The summed E-state index contributed by atoms with van der Waals surface area (Å²) in [5.74, 6) is -0.423. The monoisotopic (exact) mass is 428 g/mol. The van der Waals surface area contributed by atoms with E-state index in [9.17, 15) is 14.4 Å². The van der Waals surface area contributed by atoms with Crippen molar-refractivity contribution in [1.82, 2.24) is 15.1 Å². The molecule has 1 heterocycles. The highest BCUT2D eigenvalue weighted by molar-refractivity contribution is 6.30. The quantitative estimate of drug-likeness (QED) is 0.784. The molecule has 1 saturated heterocycles. The minimum atomic E-state index is -0.265. The minimum Gasteiger partial charge on any atom is -0.343 e. The molecule has 0 atom stereocenters. The van der Waals surface area contributed by atoms with E-state index < -0.39 is 0 Å². The Bertz CT molecular complexity index is 934. The summed E-state index contributed by atoms with van der Waals surface area (Å²) in [4.78, 5) is 40.8. The second-order valence-corrected chi connectivity index (χ2v) is 7.60. The first-order valence-electron chi connectivity index (χ1n) is 9.87. The van der Waals surface area contributed by atoms with Crippen LogP contribution in [0, 0.1) is 6.92 Å². The van der Waals surface area contributed by atoms with Gasteiger partial charge >= 0.3 is 6.03 Å². The highest BCUT2D eigenvalue weighted by Gasteiger charge is 2.22. The highest BCUT2D eigenvalue weighted by Crippen LogP contribution is 2.16. The Kier molecular flexibility index (Phi) is 7.30. The average molecular weight is 429 g/mol. The van der Waals surface area contributed by atoms with Crippen LogP contribution in [0.5, 0.6) is 0 Å². The molecule has 8 heteroatoms. The molecule has 2 aromatic carbocycles. The molecule has 2 N–H and O–H groups in total. The lowest BCUT2D eigenvalue weighted by atomic mass is 10.1. The number of hydrogen-bond donors (Lipinski definition) is 2. The Balaban J connectivity index is 1.49. The van der Waals surface area contributed by atoms with Crippen LogP contribution in [0.2, 0.25) is 5.02 Å². The maximum absolute atomic E-state index is 12.6. The first-order valence-corrected chi connectivity index (χ1v) is 10.2. The van der Waals surface area contributed by atoms with Gasteiger partial charge in [0.05, 0.1) is 6.54 Å². The molecule has 3 rings (SSSR count). The van der Waals surface area contributed by atoms with E-state index in [-0.39, 0.29) is 24.4 Å². The molecule has 0 aromatic heterocycles. The molecule has 30 heavy (non-hydrogen) atoms. The first-order chi connectivity index (χ1) is 14.4. The lowest BCUT2D eigenvalue weighted by Gasteiger charge is -2.22. The number of aryl methyl sites for hydroxylation is 1. The fourth-order valence-electron chi connectivity index (χ4n) is 3.33. The standard InChI is InChI=1S/C22H25ClN4O3/c1-16-6-2-3-9-19(16)21(29)24-15-20(28)26-10-5-11-27(13-12-26)22(30)25-18-8-4-7-17(23)14-18/h2-4,6-9,14H,5,10-13,15H2,1H3,(H,24,29)(H,25,30). The van der Waals surface area contributed by atoms with E-state index >= 15 is 0 Å². The van der Waals surface area contributed by atoms with Crippen LogP contribution in [0.25, 0.3) is 0 Å². The van der Waals surface area contributed by atoms with Crippen LogP contribution in [0.15, 0.2) is 48.5 Å². The van der Waals surface area contributed by atoms with Crippen molar-refractivity contribution in [1.29, 1.82) is 0 Å². The van der Waals surface area contributed by atoms with E-state index in [1.165, 1.54) is 0 Å². The summed E-state index contributed by atoms with van der Waals surface area (Å²) in [5, 5.41) is 6.07. The van der Waals surface area contributed by atoms with Crippen molar-refractivity contribution in [2.45, 2.75) is 13.3 Å². The predicted molar refractivity (Wildman–Crippen MR) is 117 cm³/mol. The van der Waals surface area contributed by atoms with Gasteiger partial charge in [-0.05, 0) is 43.2 Å². The summed E-state index contributed by atoms with van der Waals surface area (Å²) in [5.41, 5.74) is 2.05. The summed E-state index contributed by atoms with van der Waals surface area (Å²) in [6.07, 6.45) is 0.667. The zero-order chi connectivity index (χ0) is 21.5. The summed E-state index contributed by atoms with van der Waals surface area (Å²) in [6.45, 7) is 3.72. The van der Waals surface area contributed by atoms with E-state index in [4.69, 9.17) is 11.6 Å². The van der Waals surface area contributed by atoms with Gasteiger partial charge in [0.1, 0.15) is 0 Å². The molecule has 1 aliphatic rings. The molecule has 1 aliphatic heterocycles. The van der Waals surface area contributed by atoms with E-state index in [0.717, 1.165) is 5.56 Å². The number of urea groups is 1. The zero-order valence-corrected chi connectivity index (χ0v) is 17.6. The summed E-state index contributed by atoms with van der Waals surface area (Å²) < 4.78 is 0. The van der Waals surface area contributed by atoms with Crippen molar-refractivity contribution in [3.05, 3.63) is 64.7 Å². The summed E-state index contributed by atoms with van der Waals surface area (Å²) >= 11 is 5.95. The fourth-order valence-corrected chi connectivity index (χ4v) is 3.52. The fraction of sp³-hybridized carbons (Fsp3) is 0.318. The number of carbonyl (C=O) groups is 3. The van der Waals surface area contributed by atoms with Gasteiger partial charge in [0.15, 0.2) is 0 Å². The second kappa shape index (κ2) is 10.1. The summed E-state index contributed by atoms with van der Waals surface area (Å²) in [6, 6.07) is 14.0. The Hall–Kier alpha value is -3.06. The van der Waals surface area contributed by atoms with Gasteiger partial charge in [-0.3, -0.25) is 9.59 Å². The van der Waals surface area contributed by atoms with Crippen molar-refractivity contribution in [2.24, 2.45) is 0 Å². The molecule has 0 bridgehead atoms. The SMILES string of the molecule is Cc1ccccc1C(=O)NCC(=O)N1CCCN(C(=O)Nc2cccc(Cl)c2)CC1. The molecular weight excluding hydrogens is 404 g/mol. The number of rotatable bonds is 4. The maximum Gasteiger partial charge on any atom is 0.321 e. The molecule has 0 radical (unpaired) electrons. The first kappa shape index (κ1) is 21.6. The number of nitrogens with zero attached hydrogens (tertiary/aromatic N) is 2. The number of benzene rings is 2. The van der Waals surface area contributed by atoms with E-state index in [1.54, 1.807) is 46.2 Å². The number of anilines is 1. The Morgan fingerprint density at radius 2 is 1.70 bits per heavy atom. The van der Waals surface area contributed by atoms with Gasteiger partial charge in [0.2, 0.25) is 5.91 Å². The Labute approximate surface area is 181 Å². The molecule has 0 spiro atoms. The number of halogens is 1. The molecule has 2 aromatic rings. The molecule has 0 aliphatic carbocycles. The van der Waals surface area contributed by atoms with Crippen molar-refractivity contribution < 1.29 is 14.4 Å².